The van der Waals surface area contributed by atoms with Crippen LogP contribution in [0.3, 0.4) is 0 Å². The summed E-state index contributed by atoms with van der Waals surface area (Å²) in [4.78, 5) is 16.6. The average molecular weight is 283 g/mol. The van der Waals surface area contributed by atoms with E-state index >= 15 is 0 Å². The minimum atomic E-state index is -0.144. The summed E-state index contributed by atoms with van der Waals surface area (Å²) in [7, 11) is 0. The van der Waals surface area contributed by atoms with E-state index in [0.717, 1.165) is 4.90 Å². The summed E-state index contributed by atoms with van der Waals surface area (Å²) >= 11 is 7.20. The number of aromatic amines is 1. The first-order chi connectivity index (χ1) is 8.63. The van der Waals surface area contributed by atoms with E-state index in [9.17, 15) is 4.79 Å². The van der Waals surface area contributed by atoms with Crippen molar-refractivity contribution in [3.63, 3.8) is 0 Å². The predicted molar refractivity (Wildman–Crippen MR) is 71.9 cm³/mol. The number of halogens is 1. The maximum absolute atomic E-state index is 11.6. The largest absolute Gasteiger partial charge is 0.292 e. The number of carbonyl (C=O) groups excluding carboxylic acids is 1. The van der Waals surface area contributed by atoms with Gasteiger partial charge in [-0.2, -0.15) is 4.98 Å². The molecular formula is C11H11ClN4OS. The number of thioether (sulfide) groups is 1. The number of hydrogen-bond acceptors (Lipinski definition) is 4. The third-order valence-electron chi connectivity index (χ3n) is 2.03. The summed E-state index contributed by atoms with van der Waals surface area (Å²) in [5, 5.41) is 9.77. The topological polar surface area (TPSA) is 70.7 Å². The lowest BCUT2D eigenvalue weighted by Crippen LogP contribution is -2.15. The van der Waals surface area contributed by atoms with Gasteiger partial charge >= 0.3 is 0 Å². The second-order valence-corrected chi connectivity index (χ2v) is 5.02. The van der Waals surface area contributed by atoms with Gasteiger partial charge in [-0.3, -0.25) is 15.2 Å². The second-order valence-electron chi connectivity index (χ2n) is 3.54. The van der Waals surface area contributed by atoms with Crippen LogP contribution >= 0.6 is 23.4 Å². The van der Waals surface area contributed by atoms with Gasteiger partial charge in [-0.25, -0.2) is 0 Å². The number of aromatic nitrogens is 3. The highest BCUT2D eigenvalue weighted by Gasteiger charge is 2.06. The minimum Gasteiger partial charge on any atom is -0.292 e. The molecule has 2 rings (SSSR count). The van der Waals surface area contributed by atoms with Gasteiger partial charge in [0.1, 0.15) is 5.82 Å². The molecule has 0 aliphatic carbocycles. The molecule has 0 spiro atoms. The number of anilines is 1. The molecule has 1 amide bonds. The number of carbonyl (C=O) groups is 1. The molecule has 2 aromatic rings. The highest BCUT2D eigenvalue weighted by atomic mass is 35.5. The number of aryl methyl sites for hydroxylation is 1. The monoisotopic (exact) mass is 282 g/mol. The fourth-order valence-electron chi connectivity index (χ4n) is 1.24. The van der Waals surface area contributed by atoms with Crippen molar-refractivity contribution < 1.29 is 4.79 Å². The van der Waals surface area contributed by atoms with Gasteiger partial charge in [0.25, 0.3) is 0 Å². The van der Waals surface area contributed by atoms with Gasteiger partial charge in [0.05, 0.1) is 5.75 Å². The zero-order valence-electron chi connectivity index (χ0n) is 9.61. The molecule has 0 bridgehead atoms. The smallest absolute Gasteiger partial charge is 0.248 e. The quantitative estimate of drug-likeness (QED) is 0.845. The average Bonchev–Trinajstić information content (AvgIpc) is 2.74. The van der Waals surface area contributed by atoms with Gasteiger partial charge in [-0.1, -0.05) is 11.6 Å². The van der Waals surface area contributed by atoms with Crippen molar-refractivity contribution in [2.24, 2.45) is 0 Å². The molecule has 0 atom stereocenters. The summed E-state index contributed by atoms with van der Waals surface area (Å²) in [5.74, 6) is 1.12. The van der Waals surface area contributed by atoms with Crippen LogP contribution in [0.2, 0.25) is 5.02 Å². The van der Waals surface area contributed by atoms with E-state index in [1.807, 2.05) is 12.1 Å². The van der Waals surface area contributed by atoms with Gasteiger partial charge in [0.2, 0.25) is 11.9 Å². The van der Waals surface area contributed by atoms with Crippen LogP contribution in [0.5, 0.6) is 0 Å². The van der Waals surface area contributed by atoms with Crippen molar-refractivity contribution >= 4 is 35.2 Å². The lowest BCUT2D eigenvalue weighted by Gasteiger charge is -2.01. The maximum Gasteiger partial charge on any atom is 0.248 e. The highest BCUT2D eigenvalue weighted by molar-refractivity contribution is 8.00. The molecule has 1 aromatic heterocycles. The van der Waals surface area contributed by atoms with Crippen LogP contribution < -0.4 is 5.32 Å². The van der Waals surface area contributed by atoms with Crippen LogP contribution in [0.25, 0.3) is 0 Å². The summed E-state index contributed by atoms with van der Waals surface area (Å²) < 4.78 is 0. The Morgan fingerprint density at radius 3 is 2.78 bits per heavy atom. The van der Waals surface area contributed by atoms with Crippen molar-refractivity contribution in [3.05, 3.63) is 35.1 Å². The number of benzene rings is 1. The Balaban J connectivity index is 1.83. The van der Waals surface area contributed by atoms with Gasteiger partial charge in [-0.15, -0.1) is 16.9 Å². The number of rotatable bonds is 4. The first kappa shape index (κ1) is 12.9. The first-order valence-electron chi connectivity index (χ1n) is 5.21. The number of amides is 1. The highest BCUT2D eigenvalue weighted by Crippen LogP contribution is 2.20. The molecule has 0 radical (unpaired) electrons. The molecule has 5 nitrogen and oxygen atoms in total. The first-order valence-corrected chi connectivity index (χ1v) is 6.57. The van der Waals surface area contributed by atoms with Gasteiger partial charge < -0.3 is 0 Å². The van der Waals surface area contributed by atoms with Crippen LogP contribution in [0, 0.1) is 6.92 Å². The standard InChI is InChI=1S/C11H11ClN4OS/c1-7-13-11(16-15-7)14-10(17)6-18-9-4-2-8(12)3-5-9/h2-5H,6H2,1H3,(H2,13,14,15,16,17). The van der Waals surface area contributed by atoms with E-state index in [1.54, 1.807) is 19.1 Å². The fourth-order valence-corrected chi connectivity index (χ4v) is 2.06. The molecule has 1 heterocycles. The molecule has 0 saturated heterocycles. The van der Waals surface area contributed by atoms with Gasteiger partial charge in [-0.05, 0) is 31.2 Å². The molecule has 0 saturated carbocycles. The lowest BCUT2D eigenvalue weighted by molar-refractivity contribution is -0.113. The molecular weight excluding hydrogens is 272 g/mol. The Morgan fingerprint density at radius 2 is 2.17 bits per heavy atom. The molecule has 18 heavy (non-hydrogen) atoms. The summed E-state index contributed by atoms with van der Waals surface area (Å²) in [5.41, 5.74) is 0. The van der Waals surface area contributed by atoms with Crippen LogP contribution in [-0.2, 0) is 4.79 Å². The number of hydrogen-bond donors (Lipinski definition) is 2. The Hall–Kier alpha value is -1.53. The second kappa shape index (κ2) is 5.88. The maximum atomic E-state index is 11.6. The van der Waals surface area contributed by atoms with Crippen molar-refractivity contribution in [2.45, 2.75) is 11.8 Å². The molecule has 0 aliphatic heterocycles. The Morgan fingerprint density at radius 1 is 1.44 bits per heavy atom. The van der Waals surface area contributed by atoms with Crippen LogP contribution in [0.15, 0.2) is 29.2 Å². The molecule has 0 aliphatic rings. The van der Waals surface area contributed by atoms with E-state index in [2.05, 4.69) is 20.5 Å². The number of nitrogens with one attached hydrogen (secondary N) is 2. The molecule has 0 fully saturated rings. The molecule has 94 valence electrons. The van der Waals surface area contributed by atoms with E-state index in [0.29, 0.717) is 22.5 Å². The summed E-state index contributed by atoms with van der Waals surface area (Å²) in [6, 6.07) is 7.33. The van der Waals surface area contributed by atoms with Crippen molar-refractivity contribution in [3.8, 4) is 0 Å². The summed E-state index contributed by atoms with van der Waals surface area (Å²) in [6.45, 7) is 1.77. The van der Waals surface area contributed by atoms with E-state index in [1.165, 1.54) is 11.8 Å². The van der Waals surface area contributed by atoms with Crippen LogP contribution in [0.4, 0.5) is 5.95 Å². The number of nitrogens with zero attached hydrogens (tertiary/aromatic N) is 2. The third-order valence-corrected chi connectivity index (χ3v) is 3.30. The molecule has 2 N–H and O–H groups in total. The number of H-pyrrole nitrogens is 1. The van der Waals surface area contributed by atoms with E-state index < -0.39 is 0 Å². The Kier molecular flexibility index (Phi) is 4.22. The molecule has 1 aromatic carbocycles. The van der Waals surface area contributed by atoms with Gasteiger partial charge in [0.15, 0.2) is 0 Å². The van der Waals surface area contributed by atoms with Gasteiger partial charge in [0, 0.05) is 9.92 Å². The molecule has 7 heteroatoms. The Bertz CT molecular complexity index is 540. The Labute approximate surface area is 113 Å². The lowest BCUT2D eigenvalue weighted by atomic mass is 10.4. The third kappa shape index (κ3) is 3.75. The van der Waals surface area contributed by atoms with Crippen molar-refractivity contribution in [2.75, 3.05) is 11.1 Å². The zero-order valence-corrected chi connectivity index (χ0v) is 11.2. The van der Waals surface area contributed by atoms with E-state index in [-0.39, 0.29) is 5.91 Å². The zero-order chi connectivity index (χ0) is 13.0. The van der Waals surface area contributed by atoms with E-state index in [4.69, 9.17) is 11.6 Å². The molecule has 0 unspecified atom stereocenters. The minimum absolute atomic E-state index is 0.144. The van der Waals surface area contributed by atoms with Crippen molar-refractivity contribution in [1.29, 1.82) is 0 Å². The van der Waals surface area contributed by atoms with Crippen LogP contribution in [-0.4, -0.2) is 26.8 Å². The van der Waals surface area contributed by atoms with Crippen molar-refractivity contribution in [1.82, 2.24) is 15.2 Å². The summed E-state index contributed by atoms with van der Waals surface area (Å²) in [6.07, 6.45) is 0. The van der Waals surface area contributed by atoms with Crippen LogP contribution in [0.1, 0.15) is 5.82 Å². The predicted octanol–water partition coefficient (Wildman–Crippen LogP) is 2.50. The SMILES string of the molecule is Cc1nc(NC(=O)CSc2ccc(Cl)cc2)n[nH]1. The normalized spacial score (nSPS) is 10.3. The fraction of sp³-hybridized carbons (Fsp3) is 0.182.